The van der Waals surface area contributed by atoms with Crippen LogP contribution in [0.3, 0.4) is 0 Å². The summed E-state index contributed by atoms with van der Waals surface area (Å²) in [5.41, 5.74) is 6.36. The van der Waals surface area contributed by atoms with Gasteiger partial charge in [0.25, 0.3) is 0 Å². The van der Waals surface area contributed by atoms with Crippen molar-refractivity contribution < 1.29 is 18.7 Å². The SMILES string of the molecule is CC1(C)CC(=O)C2=C(C1)N1CCc3cc4c(cc3C1=C[C@H]2c1ccc(F)cc1)OCCCO4. The number of nitrogens with zero attached hydrogens (tertiary/aromatic N) is 1. The van der Waals surface area contributed by atoms with Crippen LogP contribution in [0.25, 0.3) is 5.70 Å². The number of fused-ring (bicyclic) bond motifs is 5. The summed E-state index contributed by atoms with van der Waals surface area (Å²) < 4.78 is 25.6. The van der Waals surface area contributed by atoms with Gasteiger partial charge in [0.1, 0.15) is 5.82 Å². The maximum Gasteiger partial charge on any atom is 0.162 e. The maximum atomic E-state index is 13.7. The molecule has 0 amide bonds. The second-order valence-electron chi connectivity index (χ2n) is 10.3. The average molecular weight is 446 g/mol. The van der Waals surface area contributed by atoms with Crippen LogP contribution >= 0.6 is 0 Å². The highest BCUT2D eigenvalue weighted by Crippen LogP contribution is 2.51. The van der Waals surface area contributed by atoms with Crippen molar-refractivity contribution in [2.45, 2.75) is 45.4 Å². The molecule has 0 radical (unpaired) electrons. The lowest BCUT2D eigenvalue weighted by Crippen LogP contribution is -2.40. The van der Waals surface area contributed by atoms with Gasteiger partial charge in [-0.1, -0.05) is 26.0 Å². The van der Waals surface area contributed by atoms with Crippen molar-refractivity contribution in [3.63, 3.8) is 0 Å². The van der Waals surface area contributed by atoms with Gasteiger partial charge in [0.15, 0.2) is 17.3 Å². The van der Waals surface area contributed by atoms with Crippen molar-refractivity contribution in [2.24, 2.45) is 5.41 Å². The van der Waals surface area contributed by atoms with E-state index in [9.17, 15) is 9.18 Å². The van der Waals surface area contributed by atoms with E-state index in [1.807, 2.05) is 12.1 Å². The molecule has 2 aromatic rings. The Kier molecular flexibility index (Phi) is 4.65. The number of ether oxygens (including phenoxy) is 2. The van der Waals surface area contributed by atoms with E-state index in [2.05, 4.69) is 37.0 Å². The van der Waals surface area contributed by atoms with Crippen molar-refractivity contribution in [3.05, 3.63) is 76.3 Å². The normalized spacial score (nSPS) is 23.2. The molecule has 5 heteroatoms. The third-order valence-electron chi connectivity index (χ3n) is 7.23. The van der Waals surface area contributed by atoms with Crippen LogP contribution in [0.5, 0.6) is 11.5 Å². The maximum absolute atomic E-state index is 13.7. The molecule has 0 saturated heterocycles. The van der Waals surface area contributed by atoms with Gasteiger partial charge >= 0.3 is 0 Å². The molecule has 2 aromatic carbocycles. The number of hydrogen-bond donors (Lipinski definition) is 0. The number of rotatable bonds is 1. The second kappa shape index (κ2) is 7.47. The van der Waals surface area contributed by atoms with Gasteiger partial charge in [-0.15, -0.1) is 0 Å². The minimum absolute atomic E-state index is 0.0866. The molecule has 0 bridgehead atoms. The highest BCUT2D eigenvalue weighted by atomic mass is 19.1. The number of carbonyl (C=O) groups is 1. The largest absolute Gasteiger partial charge is 0.490 e. The zero-order valence-corrected chi connectivity index (χ0v) is 19.1. The van der Waals surface area contributed by atoms with E-state index in [-0.39, 0.29) is 22.9 Å². The number of carbonyl (C=O) groups excluding carboxylic acids is 1. The van der Waals surface area contributed by atoms with Crippen LogP contribution in [0, 0.1) is 11.2 Å². The fourth-order valence-electron chi connectivity index (χ4n) is 5.72. The summed E-state index contributed by atoms with van der Waals surface area (Å²) in [6.07, 6.45) is 5.34. The first-order valence-electron chi connectivity index (χ1n) is 11.8. The predicted octanol–water partition coefficient (Wildman–Crippen LogP) is 5.63. The minimum atomic E-state index is -0.267. The summed E-state index contributed by atoms with van der Waals surface area (Å²) in [5, 5.41) is 0. The zero-order valence-electron chi connectivity index (χ0n) is 19.1. The molecule has 1 atom stereocenters. The number of Topliss-reactive ketones (excluding diaryl/α,β-unsaturated/α-hetero) is 1. The van der Waals surface area contributed by atoms with Gasteiger partial charge < -0.3 is 14.4 Å². The van der Waals surface area contributed by atoms with E-state index in [0.29, 0.717) is 19.6 Å². The summed E-state index contributed by atoms with van der Waals surface area (Å²) in [5.74, 6) is 1.36. The van der Waals surface area contributed by atoms with Gasteiger partial charge in [0, 0.05) is 47.8 Å². The van der Waals surface area contributed by atoms with Crippen molar-refractivity contribution in [1.82, 2.24) is 4.90 Å². The Bertz CT molecular complexity index is 1210. The summed E-state index contributed by atoms with van der Waals surface area (Å²) in [7, 11) is 0. The van der Waals surface area contributed by atoms with Gasteiger partial charge in [-0.25, -0.2) is 4.39 Å². The van der Waals surface area contributed by atoms with Crippen molar-refractivity contribution in [3.8, 4) is 11.5 Å². The van der Waals surface area contributed by atoms with E-state index >= 15 is 0 Å². The van der Waals surface area contributed by atoms with Gasteiger partial charge in [0.05, 0.1) is 13.2 Å². The Labute approximate surface area is 193 Å². The topological polar surface area (TPSA) is 38.8 Å². The molecule has 0 fully saturated rings. The van der Waals surface area contributed by atoms with Crippen molar-refractivity contribution in [2.75, 3.05) is 19.8 Å². The van der Waals surface area contributed by atoms with E-state index in [1.165, 1.54) is 17.7 Å². The van der Waals surface area contributed by atoms with Crippen LogP contribution < -0.4 is 9.47 Å². The molecule has 0 unspecified atom stereocenters. The fraction of sp³-hybridized carbons (Fsp3) is 0.393. The lowest BCUT2D eigenvalue weighted by Gasteiger charge is -2.46. The van der Waals surface area contributed by atoms with Crippen molar-refractivity contribution in [1.29, 1.82) is 0 Å². The Morgan fingerprint density at radius 1 is 1.03 bits per heavy atom. The molecule has 4 nitrogen and oxygen atoms in total. The van der Waals surface area contributed by atoms with E-state index in [1.54, 1.807) is 0 Å². The highest BCUT2D eigenvalue weighted by Gasteiger charge is 2.42. The smallest absolute Gasteiger partial charge is 0.162 e. The van der Waals surface area contributed by atoms with Gasteiger partial charge in [-0.2, -0.15) is 0 Å². The molecule has 0 saturated carbocycles. The van der Waals surface area contributed by atoms with Gasteiger partial charge in [-0.3, -0.25) is 4.79 Å². The van der Waals surface area contributed by atoms with Crippen LogP contribution in [-0.2, 0) is 11.2 Å². The fourth-order valence-corrected chi connectivity index (χ4v) is 5.72. The van der Waals surface area contributed by atoms with E-state index in [0.717, 1.165) is 65.4 Å². The number of hydrogen-bond acceptors (Lipinski definition) is 4. The van der Waals surface area contributed by atoms with Crippen LogP contribution in [0.2, 0.25) is 0 Å². The Hall–Kier alpha value is -3.08. The molecular formula is C28H28FNO3. The number of halogens is 1. The molecule has 170 valence electrons. The third-order valence-corrected chi connectivity index (χ3v) is 7.23. The van der Waals surface area contributed by atoms with Gasteiger partial charge in [-0.05, 0) is 59.7 Å². The van der Waals surface area contributed by atoms with E-state index < -0.39 is 0 Å². The second-order valence-corrected chi connectivity index (χ2v) is 10.3. The van der Waals surface area contributed by atoms with Crippen molar-refractivity contribution >= 4 is 11.5 Å². The Morgan fingerprint density at radius 3 is 2.52 bits per heavy atom. The van der Waals surface area contributed by atoms with Gasteiger partial charge in [0.2, 0.25) is 0 Å². The first-order chi connectivity index (χ1) is 15.9. The number of benzene rings is 2. The summed E-state index contributed by atoms with van der Waals surface area (Å²) in [4.78, 5) is 15.8. The quantitative estimate of drug-likeness (QED) is 0.571. The summed E-state index contributed by atoms with van der Waals surface area (Å²) >= 11 is 0. The Morgan fingerprint density at radius 2 is 1.76 bits per heavy atom. The lowest BCUT2D eigenvalue weighted by atomic mass is 9.69. The monoisotopic (exact) mass is 445 g/mol. The molecule has 1 aliphatic carbocycles. The molecule has 33 heavy (non-hydrogen) atoms. The van der Waals surface area contributed by atoms with Crippen LogP contribution in [0.15, 0.2) is 53.7 Å². The molecule has 0 spiro atoms. The molecular weight excluding hydrogens is 417 g/mol. The van der Waals surface area contributed by atoms with E-state index in [4.69, 9.17) is 9.47 Å². The molecule has 3 heterocycles. The first kappa shape index (κ1) is 20.5. The summed E-state index contributed by atoms with van der Waals surface area (Å²) in [6.45, 7) is 6.48. The third kappa shape index (κ3) is 3.45. The molecule has 4 aliphatic rings. The zero-order chi connectivity index (χ0) is 22.7. The molecule has 0 N–H and O–H groups in total. The highest BCUT2D eigenvalue weighted by molar-refractivity contribution is 6.01. The first-order valence-corrected chi connectivity index (χ1v) is 11.8. The predicted molar refractivity (Wildman–Crippen MR) is 125 cm³/mol. The van der Waals surface area contributed by atoms with Crippen LogP contribution in [0.4, 0.5) is 4.39 Å². The minimum Gasteiger partial charge on any atom is -0.490 e. The number of allylic oxidation sites excluding steroid dienone is 3. The van der Waals surface area contributed by atoms with Crippen LogP contribution in [0.1, 0.15) is 55.7 Å². The molecule has 0 aromatic heterocycles. The standard InChI is InChI=1S/C28H28FNO3/c1-28(2)15-23-27(24(31)16-28)21(17-4-6-19(29)7-5-17)13-22-20-14-26-25(32-10-3-11-33-26)12-18(20)8-9-30(22)23/h4-7,12-14,21H,3,8-11,15-16H2,1-2H3/t21-/m0/s1. The number of ketones is 1. The van der Waals surface area contributed by atoms with Crippen LogP contribution in [-0.4, -0.2) is 30.4 Å². The summed E-state index contributed by atoms with van der Waals surface area (Å²) in [6, 6.07) is 10.8. The Balaban J connectivity index is 1.52. The average Bonchev–Trinajstić information content (AvgIpc) is 3.01. The lowest BCUT2D eigenvalue weighted by molar-refractivity contribution is -0.118. The molecule has 6 rings (SSSR count). The molecule has 3 aliphatic heterocycles.